The van der Waals surface area contributed by atoms with Crippen LogP contribution in [0.1, 0.15) is 5.56 Å². The molecule has 0 radical (unpaired) electrons. The first-order valence-corrected chi connectivity index (χ1v) is 7.08. The summed E-state index contributed by atoms with van der Waals surface area (Å²) in [5, 5.41) is 0. The summed E-state index contributed by atoms with van der Waals surface area (Å²) in [6.07, 6.45) is 0. The molecule has 17 heavy (non-hydrogen) atoms. The number of benzene rings is 2. The maximum absolute atomic E-state index is 5.21. The molecule has 2 rings (SSSR count). The van der Waals surface area contributed by atoms with Crippen LogP contribution < -0.4 is 4.74 Å². The summed E-state index contributed by atoms with van der Waals surface area (Å²) in [5.74, 6) is 1.86. The van der Waals surface area contributed by atoms with Crippen molar-refractivity contribution < 1.29 is 4.74 Å². The van der Waals surface area contributed by atoms with Crippen LogP contribution in [-0.2, 0) is 5.75 Å². The first kappa shape index (κ1) is 12.5. The molecule has 0 N–H and O–H groups in total. The third-order valence-electron chi connectivity index (χ3n) is 2.37. The quantitative estimate of drug-likeness (QED) is 0.754. The van der Waals surface area contributed by atoms with E-state index < -0.39 is 0 Å². The SMILES string of the molecule is COc1ccc(SCc2ccccc2)cc1Br. The first-order valence-electron chi connectivity index (χ1n) is 5.30. The molecule has 2 aromatic rings. The monoisotopic (exact) mass is 308 g/mol. The highest BCUT2D eigenvalue weighted by atomic mass is 79.9. The Hall–Kier alpha value is -0.930. The number of thioether (sulfide) groups is 1. The Balaban J connectivity index is 2.02. The summed E-state index contributed by atoms with van der Waals surface area (Å²) in [4.78, 5) is 1.24. The zero-order valence-corrected chi connectivity index (χ0v) is 11.9. The fourth-order valence-electron chi connectivity index (χ4n) is 1.48. The summed E-state index contributed by atoms with van der Waals surface area (Å²) in [6, 6.07) is 16.6. The highest BCUT2D eigenvalue weighted by Gasteiger charge is 2.02. The zero-order chi connectivity index (χ0) is 12.1. The third kappa shape index (κ3) is 3.51. The van der Waals surface area contributed by atoms with Crippen LogP contribution in [0.2, 0.25) is 0 Å². The van der Waals surface area contributed by atoms with Crippen molar-refractivity contribution in [3.8, 4) is 5.75 Å². The Bertz CT molecular complexity index is 485. The normalized spacial score (nSPS) is 10.2. The van der Waals surface area contributed by atoms with Crippen LogP contribution in [0.15, 0.2) is 57.9 Å². The summed E-state index contributed by atoms with van der Waals surface area (Å²) in [6.45, 7) is 0. The fraction of sp³-hybridized carbons (Fsp3) is 0.143. The van der Waals surface area contributed by atoms with Crippen LogP contribution in [0.25, 0.3) is 0 Å². The third-order valence-corrected chi connectivity index (χ3v) is 4.06. The topological polar surface area (TPSA) is 9.23 Å². The van der Waals surface area contributed by atoms with E-state index in [9.17, 15) is 0 Å². The molecule has 0 spiro atoms. The van der Waals surface area contributed by atoms with E-state index >= 15 is 0 Å². The van der Waals surface area contributed by atoms with E-state index in [1.165, 1.54) is 10.5 Å². The maximum Gasteiger partial charge on any atom is 0.133 e. The van der Waals surface area contributed by atoms with Gasteiger partial charge in [-0.15, -0.1) is 11.8 Å². The predicted molar refractivity (Wildman–Crippen MR) is 76.7 cm³/mol. The molecule has 1 nitrogen and oxygen atoms in total. The summed E-state index contributed by atoms with van der Waals surface area (Å²) < 4.78 is 6.20. The van der Waals surface area contributed by atoms with Crippen molar-refractivity contribution in [3.05, 3.63) is 58.6 Å². The number of hydrogen-bond acceptors (Lipinski definition) is 2. The minimum absolute atomic E-state index is 0.870. The molecule has 0 atom stereocenters. The van der Waals surface area contributed by atoms with Gasteiger partial charge in [0, 0.05) is 10.6 Å². The van der Waals surface area contributed by atoms with Gasteiger partial charge in [0.25, 0.3) is 0 Å². The van der Waals surface area contributed by atoms with E-state index in [-0.39, 0.29) is 0 Å². The highest BCUT2D eigenvalue weighted by molar-refractivity contribution is 9.10. The van der Waals surface area contributed by atoms with E-state index in [1.54, 1.807) is 7.11 Å². The Kier molecular flexibility index (Phi) is 4.51. The van der Waals surface area contributed by atoms with E-state index in [0.717, 1.165) is 16.0 Å². The van der Waals surface area contributed by atoms with Crippen molar-refractivity contribution in [2.45, 2.75) is 10.6 Å². The summed E-state index contributed by atoms with van der Waals surface area (Å²) in [5.41, 5.74) is 1.34. The van der Waals surface area contributed by atoms with Gasteiger partial charge in [-0.3, -0.25) is 0 Å². The number of hydrogen-bond donors (Lipinski definition) is 0. The molecule has 0 aliphatic heterocycles. The molecule has 0 bridgehead atoms. The lowest BCUT2D eigenvalue weighted by atomic mass is 10.2. The van der Waals surface area contributed by atoms with Gasteiger partial charge in [0.15, 0.2) is 0 Å². The lowest BCUT2D eigenvalue weighted by molar-refractivity contribution is 0.412. The van der Waals surface area contributed by atoms with Gasteiger partial charge in [-0.1, -0.05) is 30.3 Å². The smallest absolute Gasteiger partial charge is 0.133 e. The summed E-state index contributed by atoms with van der Waals surface area (Å²) in [7, 11) is 1.68. The van der Waals surface area contributed by atoms with Gasteiger partial charge in [0.2, 0.25) is 0 Å². The van der Waals surface area contributed by atoms with Crippen LogP contribution >= 0.6 is 27.7 Å². The Labute approximate surface area is 114 Å². The van der Waals surface area contributed by atoms with E-state index in [4.69, 9.17) is 4.74 Å². The van der Waals surface area contributed by atoms with Gasteiger partial charge < -0.3 is 4.74 Å². The minimum atomic E-state index is 0.870. The lowest BCUT2D eigenvalue weighted by Crippen LogP contribution is -1.85. The van der Waals surface area contributed by atoms with Crippen molar-refractivity contribution in [1.29, 1.82) is 0 Å². The van der Waals surface area contributed by atoms with Crippen molar-refractivity contribution in [1.82, 2.24) is 0 Å². The van der Waals surface area contributed by atoms with Gasteiger partial charge in [-0.05, 0) is 39.7 Å². The molecule has 0 aliphatic rings. The molecule has 3 heteroatoms. The van der Waals surface area contributed by atoms with Crippen LogP contribution in [0, 0.1) is 0 Å². The van der Waals surface area contributed by atoms with Crippen molar-refractivity contribution >= 4 is 27.7 Å². The standard InChI is InChI=1S/C14H13BrOS/c1-16-14-8-7-12(9-13(14)15)17-10-11-5-3-2-4-6-11/h2-9H,10H2,1H3. The summed E-state index contributed by atoms with van der Waals surface area (Å²) >= 11 is 5.32. The van der Waals surface area contributed by atoms with Gasteiger partial charge in [-0.2, -0.15) is 0 Å². The van der Waals surface area contributed by atoms with E-state index in [1.807, 2.05) is 23.9 Å². The zero-order valence-electron chi connectivity index (χ0n) is 9.52. The second-order valence-electron chi connectivity index (χ2n) is 3.57. The number of halogens is 1. The highest BCUT2D eigenvalue weighted by Crippen LogP contribution is 2.31. The van der Waals surface area contributed by atoms with Crippen molar-refractivity contribution in [2.75, 3.05) is 7.11 Å². The van der Waals surface area contributed by atoms with Gasteiger partial charge >= 0.3 is 0 Å². The molecule has 88 valence electrons. The van der Waals surface area contributed by atoms with Crippen molar-refractivity contribution in [3.63, 3.8) is 0 Å². The number of methoxy groups -OCH3 is 1. The number of ether oxygens (including phenoxy) is 1. The van der Waals surface area contributed by atoms with E-state index in [2.05, 4.69) is 52.3 Å². The van der Waals surface area contributed by atoms with Crippen LogP contribution in [0.4, 0.5) is 0 Å². The molecular weight excluding hydrogens is 296 g/mol. The molecule has 0 unspecified atom stereocenters. The van der Waals surface area contributed by atoms with Gasteiger partial charge in [0.05, 0.1) is 11.6 Å². The molecule has 0 saturated carbocycles. The molecule has 0 aromatic heterocycles. The molecule has 2 aromatic carbocycles. The molecule has 0 amide bonds. The van der Waals surface area contributed by atoms with E-state index in [0.29, 0.717) is 0 Å². The van der Waals surface area contributed by atoms with Crippen LogP contribution in [0.3, 0.4) is 0 Å². The largest absolute Gasteiger partial charge is 0.496 e. The molecular formula is C14H13BrOS. The second-order valence-corrected chi connectivity index (χ2v) is 5.47. The van der Waals surface area contributed by atoms with Gasteiger partial charge in [-0.25, -0.2) is 0 Å². The average Bonchev–Trinajstić information content (AvgIpc) is 2.38. The molecule has 0 heterocycles. The Morgan fingerprint density at radius 2 is 1.88 bits per heavy atom. The number of rotatable bonds is 4. The first-order chi connectivity index (χ1) is 8.29. The maximum atomic E-state index is 5.21. The van der Waals surface area contributed by atoms with Crippen LogP contribution in [-0.4, -0.2) is 7.11 Å². The molecule has 0 fully saturated rings. The lowest BCUT2D eigenvalue weighted by Gasteiger charge is -2.06. The Morgan fingerprint density at radius 3 is 2.53 bits per heavy atom. The Morgan fingerprint density at radius 1 is 1.12 bits per heavy atom. The fourth-order valence-corrected chi connectivity index (χ4v) is 3.06. The molecule has 0 aliphatic carbocycles. The average molecular weight is 309 g/mol. The van der Waals surface area contributed by atoms with Crippen molar-refractivity contribution in [2.24, 2.45) is 0 Å². The molecule has 0 saturated heterocycles. The minimum Gasteiger partial charge on any atom is -0.496 e. The van der Waals surface area contributed by atoms with Crippen LogP contribution in [0.5, 0.6) is 5.75 Å². The van der Waals surface area contributed by atoms with Gasteiger partial charge in [0.1, 0.15) is 5.75 Å². The second kappa shape index (κ2) is 6.12. The predicted octanol–water partition coefficient (Wildman–Crippen LogP) is 4.75.